The molecule has 0 aliphatic heterocycles. The first-order chi connectivity index (χ1) is 8.56. The van der Waals surface area contributed by atoms with Gasteiger partial charge in [-0.1, -0.05) is 19.9 Å². The number of benzene rings is 1. The number of ether oxygens (including phenoxy) is 1. The van der Waals surface area contributed by atoms with Crippen LogP contribution in [0.4, 0.5) is 5.69 Å². The molecule has 1 aromatic rings. The molecule has 1 aromatic carbocycles. The molecule has 1 rings (SSSR count). The molecule has 0 atom stereocenters. The summed E-state index contributed by atoms with van der Waals surface area (Å²) in [6.45, 7) is 4.99. The Kier molecular flexibility index (Phi) is 5.49. The highest BCUT2D eigenvalue weighted by Gasteiger charge is 2.14. The number of carbonyl (C=O) groups is 1. The van der Waals surface area contributed by atoms with E-state index in [1.54, 1.807) is 18.2 Å². The molecule has 100 valence electrons. The first kappa shape index (κ1) is 14.4. The number of nitrogens with two attached hydrogens (primary N) is 1. The number of methoxy groups -OCH3 is 1. The van der Waals surface area contributed by atoms with Crippen LogP contribution in [0.1, 0.15) is 37.0 Å². The Labute approximate surface area is 109 Å². The zero-order chi connectivity index (χ0) is 13.5. The number of nitrogen functional groups attached to an aromatic ring is 1. The van der Waals surface area contributed by atoms with Crippen LogP contribution in [0.2, 0.25) is 0 Å². The molecule has 0 heterocycles. The second kappa shape index (κ2) is 6.89. The largest absolute Gasteiger partial charge is 0.496 e. The van der Waals surface area contributed by atoms with Gasteiger partial charge in [0.25, 0.3) is 5.91 Å². The van der Waals surface area contributed by atoms with E-state index in [2.05, 4.69) is 19.2 Å². The SMILES string of the molecule is COc1cccc(N)c1C(=O)NCCCC(C)C. The van der Waals surface area contributed by atoms with E-state index in [-0.39, 0.29) is 5.91 Å². The fourth-order valence-corrected chi connectivity index (χ4v) is 1.76. The lowest BCUT2D eigenvalue weighted by Crippen LogP contribution is -2.26. The van der Waals surface area contributed by atoms with Crippen LogP contribution in [-0.2, 0) is 0 Å². The standard InChI is InChI=1S/C14H22N2O2/c1-10(2)6-5-9-16-14(17)13-11(15)7-4-8-12(13)18-3/h4,7-8,10H,5-6,9,15H2,1-3H3,(H,16,17). The van der Waals surface area contributed by atoms with Crippen LogP contribution in [0.15, 0.2) is 18.2 Å². The van der Waals surface area contributed by atoms with Crippen LogP contribution in [0.25, 0.3) is 0 Å². The van der Waals surface area contributed by atoms with Crippen LogP contribution >= 0.6 is 0 Å². The number of rotatable bonds is 6. The van der Waals surface area contributed by atoms with Gasteiger partial charge in [0.1, 0.15) is 11.3 Å². The Morgan fingerprint density at radius 3 is 2.78 bits per heavy atom. The Morgan fingerprint density at radius 1 is 1.44 bits per heavy atom. The van der Waals surface area contributed by atoms with Gasteiger partial charge in [0.05, 0.1) is 7.11 Å². The van der Waals surface area contributed by atoms with E-state index in [1.165, 1.54) is 7.11 Å². The van der Waals surface area contributed by atoms with Crippen molar-refractivity contribution in [2.45, 2.75) is 26.7 Å². The van der Waals surface area contributed by atoms with Crippen molar-refractivity contribution >= 4 is 11.6 Å². The minimum absolute atomic E-state index is 0.172. The number of hydrogen-bond donors (Lipinski definition) is 2. The summed E-state index contributed by atoms with van der Waals surface area (Å²) in [5, 5.41) is 2.87. The third-order valence-corrected chi connectivity index (χ3v) is 2.75. The van der Waals surface area contributed by atoms with Gasteiger partial charge in [-0.25, -0.2) is 0 Å². The van der Waals surface area contributed by atoms with Gasteiger partial charge < -0.3 is 15.8 Å². The van der Waals surface area contributed by atoms with E-state index >= 15 is 0 Å². The third kappa shape index (κ3) is 3.95. The fraction of sp³-hybridized carbons (Fsp3) is 0.500. The summed E-state index contributed by atoms with van der Waals surface area (Å²) in [5.74, 6) is 0.989. The molecule has 0 bridgehead atoms. The summed E-state index contributed by atoms with van der Waals surface area (Å²) >= 11 is 0. The molecule has 0 aliphatic rings. The van der Waals surface area contributed by atoms with E-state index in [1.807, 2.05) is 0 Å². The molecule has 0 aliphatic carbocycles. The molecule has 0 saturated carbocycles. The molecule has 0 unspecified atom stereocenters. The predicted molar refractivity (Wildman–Crippen MR) is 73.8 cm³/mol. The smallest absolute Gasteiger partial charge is 0.257 e. The number of anilines is 1. The maximum absolute atomic E-state index is 12.0. The summed E-state index contributed by atoms with van der Waals surface area (Å²) < 4.78 is 5.15. The number of amides is 1. The molecule has 3 N–H and O–H groups in total. The molecule has 4 nitrogen and oxygen atoms in total. The molecule has 1 amide bonds. The van der Waals surface area contributed by atoms with Crippen molar-refractivity contribution in [3.05, 3.63) is 23.8 Å². The minimum Gasteiger partial charge on any atom is -0.496 e. The van der Waals surface area contributed by atoms with Crippen molar-refractivity contribution in [1.29, 1.82) is 0 Å². The van der Waals surface area contributed by atoms with Crippen molar-refractivity contribution in [3.63, 3.8) is 0 Å². The average Bonchev–Trinajstić information content (AvgIpc) is 2.33. The van der Waals surface area contributed by atoms with Crippen LogP contribution in [-0.4, -0.2) is 19.6 Å². The summed E-state index contributed by atoms with van der Waals surface area (Å²) in [6, 6.07) is 5.20. The molecule has 0 fully saturated rings. The maximum Gasteiger partial charge on any atom is 0.257 e. The van der Waals surface area contributed by atoms with Gasteiger partial charge in [-0.05, 0) is 30.9 Å². The lowest BCUT2D eigenvalue weighted by atomic mass is 10.1. The Balaban J connectivity index is 2.61. The highest BCUT2D eigenvalue weighted by molar-refractivity contribution is 6.01. The van der Waals surface area contributed by atoms with E-state index in [4.69, 9.17) is 10.5 Å². The molecule has 0 radical (unpaired) electrons. The third-order valence-electron chi connectivity index (χ3n) is 2.75. The second-order valence-electron chi connectivity index (χ2n) is 4.72. The highest BCUT2D eigenvalue weighted by Crippen LogP contribution is 2.23. The van der Waals surface area contributed by atoms with Crippen molar-refractivity contribution in [1.82, 2.24) is 5.32 Å². The van der Waals surface area contributed by atoms with Gasteiger partial charge in [-0.3, -0.25) is 4.79 Å². The first-order valence-electron chi connectivity index (χ1n) is 6.27. The zero-order valence-corrected chi connectivity index (χ0v) is 11.3. The van der Waals surface area contributed by atoms with Gasteiger partial charge in [0.15, 0.2) is 0 Å². The van der Waals surface area contributed by atoms with Crippen LogP contribution in [0, 0.1) is 5.92 Å². The highest BCUT2D eigenvalue weighted by atomic mass is 16.5. The quantitative estimate of drug-likeness (QED) is 0.602. The summed E-state index contributed by atoms with van der Waals surface area (Å²) in [4.78, 5) is 12.0. The minimum atomic E-state index is -0.172. The molecule has 18 heavy (non-hydrogen) atoms. The molecular weight excluding hydrogens is 228 g/mol. The summed E-state index contributed by atoms with van der Waals surface area (Å²) in [5.41, 5.74) is 6.67. The van der Waals surface area contributed by atoms with Crippen LogP contribution in [0.3, 0.4) is 0 Å². The predicted octanol–water partition coefficient (Wildman–Crippen LogP) is 2.44. The Morgan fingerprint density at radius 2 is 2.17 bits per heavy atom. The topological polar surface area (TPSA) is 64.3 Å². The molecule has 0 spiro atoms. The van der Waals surface area contributed by atoms with Crippen LogP contribution in [0.5, 0.6) is 5.75 Å². The first-order valence-corrected chi connectivity index (χ1v) is 6.27. The number of hydrogen-bond acceptors (Lipinski definition) is 3. The van der Waals surface area contributed by atoms with Crippen molar-refractivity contribution in [2.75, 3.05) is 19.4 Å². The van der Waals surface area contributed by atoms with Crippen LogP contribution < -0.4 is 15.8 Å². The fourth-order valence-electron chi connectivity index (χ4n) is 1.76. The van der Waals surface area contributed by atoms with Crippen molar-refractivity contribution in [3.8, 4) is 5.75 Å². The van der Waals surface area contributed by atoms with Gasteiger partial charge in [0.2, 0.25) is 0 Å². The van der Waals surface area contributed by atoms with Crippen molar-refractivity contribution in [2.24, 2.45) is 5.92 Å². The van der Waals surface area contributed by atoms with Gasteiger partial charge in [-0.15, -0.1) is 0 Å². The normalized spacial score (nSPS) is 10.4. The maximum atomic E-state index is 12.0. The lowest BCUT2D eigenvalue weighted by Gasteiger charge is -2.11. The van der Waals surface area contributed by atoms with Crippen molar-refractivity contribution < 1.29 is 9.53 Å². The van der Waals surface area contributed by atoms with E-state index in [9.17, 15) is 4.79 Å². The zero-order valence-electron chi connectivity index (χ0n) is 11.3. The number of nitrogens with one attached hydrogen (secondary N) is 1. The number of carbonyl (C=O) groups excluding carboxylic acids is 1. The van der Waals surface area contributed by atoms with E-state index in [0.717, 1.165) is 12.8 Å². The Bertz CT molecular complexity index is 403. The molecular formula is C14H22N2O2. The summed E-state index contributed by atoms with van der Waals surface area (Å²) in [7, 11) is 1.53. The average molecular weight is 250 g/mol. The Hall–Kier alpha value is -1.71. The monoisotopic (exact) mass is 250 g/mol. The van der Waals surface area contributed by atoms with E-state index < -0.39 is 0 Å². The molecule has 0 aromatic heterocycles. The molecule has 4 heteroatoms. The second-order valence-corrected chi connectivity index (χ2v) is 4.72. The summed E-state index contributed by atoms with van der Waals surface area (Å²) in [6.07, 6.45) is 2.07. The van der Waals surface area contributed by atoms with Gasteiger partial charge in [0, 0.05) is 12.2 Å². The van der Waals surface area contributed by atoms with E-state index in [0.29, 0.717) is 29.5 Å². The lowest BCUT2D eigenvalue weighted by molar-refractivity contribution is 0.0950. The van der Waals surface area contributed by atoms with Gasteiger partial charge >= 0.3 is 0 Å². The molecule has 0 saturated heterocycles. The van der Waals surface area contributed by atoms with Gasteiger partial charge in [-0.2, -0.15) is 0 Å².